The van der Waals surface area contributed by atoms with Crippen molar-refractivity contribution in [3.05, 3.63) is 42.2 Å². The van der Waals surface area contributed by atoms with E-state index in [1.165, 1.54) is 12.1 Å². The number of likely N-dealkylation sites (tertiary alicyclic amines) is 1. The fourth-order valence-electron chi connectivity index (χ4n) is 3.33. The molecule has 4 heteroatoms. The van der Waals surface area contributed by atoms with Crippen molar-refractivity contribution < 1.29 is 9.18 Å². The van der Waals surface area contributed by atoms with Crippen LogP contribution in [-0.2, 0) is 4.79 Å². The van der Waals surface area contributed by atoms with Gasteiger partial charge < -0.3 is 4.90 Å². The lowest BCUT2D eigenvalue weighted by Crippen LogP contribution is -2.34. The number of carbonyl (C=O) groups excluding carboxylic acids is 1. The van der Waals surface area contributed by atoms with Gasteiger partial charge in [-0.3, -0.25) is 4.79 Å². The topological polar surface area (TPSA) is 20.3 Å². The minimum atomic E-state index is -0.221. The van der Waals surface area contributed by atoms with Crippen LogP contribution in [0, 0.1) is 23.6 Å². The summed E-state index contributed by atoms with van der Waals surface area (Å²) in [6, 6.07) is 6.47. The fourth-order valence-corrected chi connectivity index (χ4v) is 4.24. The highest BCUT2D eigenvalue weighted by atomic mass is 32.2. The van der Waals surface area contributed by atoms with Crippen LogP contribution >= 0.6 is 11.8 Å². The zero-order chi connectivity index (χ0) is 15.5. The van der Waals surface area contributed by atoms with Gasteiger partial charge in [0.1, 0.15) is 5.82 Å². The molecule has 2 aliphatic rings. The summed E-state index contributed by atoms with van der Waals surface area (Å²) in [5.41, 5.74) is 0. The maximum Gasteiger partial charge on any atom is 0.226 e. The summed E-state index contributed by atoms with van der Waals surface area (Å²) in [6.07, 6.45) is 6.74. The van der Waals surface area contributed by atoms with Crippen molar-refractivity contribution >= 4 is 17.7 Å². The third kappa shape index (κ3) is 3.54. The van der Waals surface area contributed by atoms with Gasteiger partial charge in [-0.05, 0) is 48.9 Å². The van der Waals surface area contributed by atoms with Crippen molar-refractivity contribution in [1.82, 2.24) is 4.90 Å². The van der Waals surface area contributed by atoms with Gasteiger partial charge in [0.05, 0.1) is 0 Å². The summed E-state index contributed by atoms with van der Waals surface area (Å²) in [5.74, 6) is 2.11. The van der Waals surface area contributed by atoms with Crippen molar-refractivity contribution in [1.29, 1.82) is 0 Å². The highest BCUT2D eigenvalue weighted by Gasteiger charge is 2.36. The molecule has 1 saturated heterocycles. The molecule has 3 atom stereocenters. The molecule has 0 N–H and O–H groups in total. The Balaban J connectivity index is 1.51. The SMILES string of the molecule is C[C@H](CSc1ccc(F)cc1)C(=O)N1C[C@@H]2CC=CC[C@H]2C1. The molecule has 0 radical (unpaired) electrons. The number of carbonyl (C=O) groups is 1. The van der Waals surface area contributed by atoms with Gasteiger partial charge in [-0.15, -0.1) is 11.8 Å². The van der Waals surface area contributed by atoms with Crippen LogP contribution in [-0.4, -0.2) is 29.6 Å². The van der Waals surface area contributed by atoms with Crippen LogP contribution in [0.1, 0.15) is 19.8 Å². The molecule has 1 fully saturated rings. The molecule has 0 bridgehead atoms. The normalized spacial score (nSPS) is 25.1. The second-order valence-corrected chi connectivity index (χ2v) is 7.47. The number of hydrogen-bond donors (Lipinski definition) is 0. The van der Waals surface area contributed by atoms with Crippen molar-refractivity contribution in [3.8, 4) is 0 Å². The second-order valence-electron chi connectivity index (χ2n) is 6.37. The lowest BCUT2D eigenvalue weighted by molar-refractivity contribution is -0.133. The summed E-state index contributed by atoms with van der Waals surface area (Å²) >= 11 is 1.62. The van der Waals surface area contributed by atoms with Gasteiger partial charge in [-0.25, -0.2) is 4.39 Å². The first-order chi connectivity index (χ1) is 10.6. The van der Waals surface area contributed by atoms with E-state index in [4.69, 9.17) is 0 Å². The van der Waals surface area contributed by atoms with Gasteiger partial charge in [0.15, 0.2) is 0 Å². The number of nitrogens with zero attached hydrogens (tertiary/aromatic N) is 1. The van der Waals surface area contributed by atoms with Crippen molar-refractivity contribution in [2.24, 2.45) is 17.8 Å². The minimum absolute atomic E-state index is 0.00293. The fraction of sp³-hybridized carbons (Fsp3) is 0.500. The number of amides is 1. The predicted molar refractivity (Wildman–Crippen MR) is 88.2 cm³/mol. The number of fused-ring (bicyclic) bond motifs is 1. The van der Waals surface area contributed by atoms with E-state index in [1.54, 1.807) is 23.9 Å². The van der Waals surface area contributed by atoms with Gasteiger partial charge in [0.2, 0.25) is 5.91 Å². The minimum Gasteiger partial charge on any atom is -0.342 e. The molecule has 1 aliphatic carbocycles. The van der Waals surface area contributed by atoms with Crippen molar-refractivity contribution in [3.63, 3.8) is 0 Å². The van der Waals surface area contributed by atoms with Crippen LogP contribution in [0.3, 0.4) is 0 Å². The van der Waals surface area contributed by atoms with E-state index < -0.39 is 0 Å². The summed E-state index contributed by atoms with van der Waals surface area (Å²) in [5, 5.41) is 0. The monoisotopic (exact) mass is 319 g/mol. The van der Waals surface area contributed by atoms with E-state index >= 15 is 0 Å². The highest BCUT2D eigenvalue weighted by molar-refractivity contribution is 7.99. The zero-order valence-electron chi connectivity index (χ0n) is 12.9. The molecule has 1 heterocycles. The number of halogens is 1. The third-order valence-corrected chi connectivity index (χ3v) is 5.94. The zero-order valence-corrected chi connectivity index (χ0v) is 13.7. The van der Waals surface area contributed by atoms with Gasteiger partial charge in [-0.1, -0.05) is 19.1 Å². The van der Waals surface area contributed by atoms with Crippen LogP contribution in [0.5, 0.6) is 0 Å². The maximum atomic E-state index is 12.9. The average Bonchev–Trinajstić information content (AvgIpc) is 2.97. The smallest absolute Gasteiger partial charge is 0.226 e. The molecule has 3 rings (SSSR count). The maximum absolute atomic E-state index is 12.9. The van der Waals surface area contributed by atoms with E-state index in [2.05, 4.69) is 17.1 Å². The van der Waals surface area contributed by atoms with Gasteiger partial charge in [-0.2, -0.15) is 0 Å². The lowest BCUT2D eigenvalue weighted by atomic mass is 9.86. The number of allylic oxidation sites excluding steroid dienone is 2. The first kappa shape index (κ1) is 15.6. The van der Waals surface area contributed by atoms with E-state index in [0.29, 0.717) is 11.8 Å². The Morgan fingerprint density at radius 1 is 1.23 bits per heavy atom. The van der Waals surface area contributed by atoms with E-state index in [0.717, 1.165) is 36.6 Å². The van der Waals surface area contributed by atoms with Crippen molar-refractivity contribution in [2.45, 2.75) is 24.7 Å². The number of rotatable bonds is 4. The average molecular weight is 319 g/mol. The van der Waals surface area contributed by atoms with Crippen LogP contribution < -0.4 is 0 Å². The molecule has 1 aromatic rings. The molecule has 22 heavy (non-hydrogen) atoms. The van der Waals surface area contributed by atoms with E-state index in [1.807, 2.05) is 6.92 Å². The number of benzene rings is 1. The molecule has 0 spiro atoms. The van der Waals surface area contributed by atoms with Gasteiger partial charge in [0, 0.05) is 29.7 Å². The molecule has 1 aliphatic heterocycles. The molecular formula is C18H22FNOS. The third-order valence-electron chi connectivity index (χ3n) is 4.67. The molecule has 1 amide bonds. The molecule has 0 aromatic heterocycles. The summed E-state index contributed by atoms with van der Waals surface area (Å²) in [6.45, 7) is 3.83. The Labute approximate surface area is 135 Å². The Hall–Kier alpha value is -1.29. The largest absolute Gasteiger partial charge is 0.342 e. The lowest BCUT2D eigenvalue weighted by Gasteiger charge is -2.20. The Kier molecular flexibility index (Phi) is 4.87. The highest BCUT2D eigenvalue weighted by Crippen LogP contribution is 2.33. The van der Waals surface area contributed by atoms with Crippen LogP contribution in [0.4, 0.5) is 4.39 Å². The first-order valence-electron chi connectivity index (χ1n) is 7.95. The summed E-state index contributed by atoms with van der Waals surface area (Å²) in [4.78, 5) is 15.7. The Bertz CT molecular complexity index is 541. The molecule has 2 nitrogen and oxygen atoms in total. The Morgan fingerprint density at radius 3 is 2.41 bits per heavy atom. The van der Waals surface area contributed by atoms with Crippen LogP contribution in [0.2, 0.25) is 0 Å². The van der Waals surface area contributed by atoms with Gasteiger partial charge >= 0.3 is 0 Å². The quantitative estimate of drug-likeness (QED) is 0.618. The summed E-state index contributed by atoms with van der Waals surface area (Å²) in [7, 11) is 0. The van der Waals surface area contributed by atoms with E-state index in [9.17, 15) is 9.18 Å². The Morgan fingerprint density at radius 2 is 1.82 bits per heavy atom. The molecule has 0 unspecified atom stereocenters. The van der Waals surface area contributed by atoms with Crippen LogP contribution in [0.25, 0.3) is 0 Å². The first-order valence-corrected chi connectivity index (χ1v) is 8.94. The van der Waals surface area contributed by atoms with Crippen molar-refractivity contribution in [2.75, 3.05) is 18.8 Å². The van der Waals surface area contributed by atoms with Crippen LogP contribution in [0.15, 0.2) is 41.3 Å². The number of hydrogen-bond acceptors (Lipinski definition) is 2. The van der Waals surface area contributed by atoms with E-state index in [-0.39, 0.29) is 17.6 Å². The molecule has 0 saturated carbocycles. The predicted octanol–water partition coefficient (Wildman–Crippen LogP) is 3.98. The standard InChI is InChI=1S/C18H22FNOS/c1-13(12-22-17-8-6-16(19)7-9-17)18(21)20-10-14-4-2-3-5-15(14)11-20/h2-3,6-9,13-15H,4-5,10-12H2,1H3/t13-,14+,15+/m1/s1. The molecular weight excluding hydrogens is 297 g/mol. The molecule has 118 valence electrons. The second kappa shape index (κ2) is 6.86. The summed E-state index contributed by atoms with van der Waals surface area (Å²) < 4.78 is 12.9. The van der Waals surface area contributed by atoms with Gasteiger partial charge in [0.25, 0.3) is 0 Å². The number of thioether (sulfide) groups is 1. The molecule has 1 aromatic carbocycles.